The molecule has 7 nitrogen and oxygen atoms in total. The number of likely N-dealkylation sites (tertiary alicyclic amines) is 1. The fourth-order valence-corrected chi connectivity index (χ4v) is 5.78. The molecule has 2 aliphatic rings. The number of carbonyl (C=O) groups excluding carboxylic acids is 2. The van der Waals surface area contributed by atoms with Crippen LogP contribution in [-0.4, -0.2) is 72.6 Å². The van der Waals surface area contributed by atoms with Crippen molar-refractivity contribution in [2.75, 3.05) is 32.7 Å². The van der Waals surface area contributed by atoms with E-state index >= 15 is 0 Å². The van der Waals surface area contributed by atoms with E-state index < -0.39 is 10.0 Å². The third-order valence-corrected chi connectivity index (χ3v) is 7.84. The van der Waals surface area contributed by atoms with Gasteiger partial charge < -0.3 is 9.80 Å². The molecule has 0 spiro atoms. The average Bonchev–Trinajstić information content (AvgIpc) is 3.05. The van der Waals surface area contributed by atoms with E-state index in [1.54, 1.807) is 22.8 Å². The Bertz CT molecular complexity index is 912. The summed E-state index contributed by atoms with van der Waals surface area (Å²) in [5.41, 5.74) is 1.32. The summed E-state index contributed by atoms with van der Waals surface area (Å²) in [5, 5.41) is 0. The predicted molar refractivity (Wildman–Crippen MR) is 111 cm³/mol. The lowest BCUT2D eigenvalue weighted by Crippen LogP contribution is -2.52. The molecular weight excluding hydrogens is 390 g/mol. The minimum absolute atomic E-state index is 0.00647. The molecule has 2 aliphatic heterocycles. The van der Waals surface area contributed by atoms with Crippen molar-refractivity contribution in [2.45, 2.75) is 51.5 Å². The van der Waals surface area contributed by atoms with Crippen molar-refractivity contribution in [2.24, 2.45) is 5.92 Å². The van der Waals surface area contributed by atoms with Gasteiger partial charge in [-0.15, -0.1) is 0 Å². The molecule has 0 aromatic heterocycles. The normalized spacial score (nSPS) is 21.7. The molecule has 1 aromatic carbocycles. The van der Waals surface area contributed by atoms with Crippen LogP contribution in [0.5, 0.6) is 0 Å². The molecule has 2 saturated heterocycles. The first-order valence-corrected chi connectivity index (χ1v) is 11.5. The molecule has 0 N–H and O–H groups in total. The van der Waals surface area contributed by atoms with Crippen LogP contribution in [0.1, 0.15) is 38.3 Å². The highest BCUT2D eigenvalue weighted by atomic mass is 32.2. The molecule has 0 aliphatic carbocycles. The van der Waals surface area contributed by atoms with Gasteiger partial charge in [0, 0.05) is 44.7 Å². The Hall–Kier alpha value is -1.93. The van der Waals surface area contributed by atoms with Gasteiger partial charge in [0.1, 0.15) is 0 Å². The summed E-state index contributed by atoms with van der Waals surface area (Å²) in [6.07, 6.45) is 0.233. The number of amides is 2. The molecule has 1 unspecified atom stereocenters. The maximum Gasteiger partial charge on any atom is 0.243 e. The van der Waals surface area contributed by atoms with Crippen molar-refractivity contribution >= 4 is 21.8 Å². The van der Waals surface area contributed by atoms with Crippen molar-refractivity contribution in [1.82, 2.24) is 14.1 Å². The lowest BCUT2D eigenvalue weighted by molar-refractivity contribution is -0.137. The zero-order chi connectivity index (χ0) is 21.6. The third kappa shape index (κ3) is 4.33. The second-order valence-corrected chi connectivity index (χ2v) is 11.0. The second-order valence-electron chi connectivity index (χ2n) is 9.07. The molecule has 29 heavy (non-hydrogen) atoms. The zero-order valence-corrected chi connectivity index (χ0v) is 18.8. The van der Waals surface area contributed by atoms with Gasteiger partial charge in [-0.2, -0.15) is 4.31 Å². The quantitative estimate of drug-likeness (QED) is 0.745. The molecule has 2 amide bonds. The number of aryl methyl sites for hydroxylation is 2. The molecule has 2 fully saturated rings. The number of sulfonamides is 1. The van der Waals surface area contributed by atoms with Crippen LogP contribution in [-0.2, 0) is 19.6 Å². The summed E-state index contributed by atoms with van der Waals surface area (Å²) < 4.78 is 27.6. The van der Waals surface area contributed by atoms with Gasteiger partial charge >= 0.3 is 0 Å². The lowest BCUT2D eigenvalue weighted by atomic mass is 10.1. The van der Waals surface area contributed by atoms with E-state index in [4.69, 9.17) is 0 Å². The summed E-state index contributed by atoms with van der Waals surface area (Å²) in [6.45, 7) is 11.2. The largest absolute Gasteiger partial charge is 0.340 e. The summed E-state index contributed by atoms with van der Waals surface area (Å²) in [6, 6.07) is 5.42. The molecule has 1 atom stereocenters. The third-order valence-electron chi connectivity index (χ3n) is 5.80. The van der Waals surface area contributed by atoms with Crippen LogP contribution in [0, 0.1) is 19.8 Å². The fourth-order valence-electron chi connectivity index (χ4n) is 4.05. The van der Waals surface area contributed by atoms with Gasteiger partial charge in [0.05, 0.1) is 10.8 Å². The van der Waals surface area contributed by atoms with Gasteiger partial charge in [-0.3, -0.25) is 9.59 Å². The molecule has 8 heteroatoms. The number of piperazine rings is 1. The number of hydrogen-bond acceptors (Lipinski definition) is 4. The topological polar surface area (TPSA) is 78.0 Å². The first-order chi connectivity index (χ1) is 13.4. The predicted octanol–water partition coefficient (Wildman–Crippen LogP) is 1.78. The minimum atomic E-state index is -3.59. The van der Waals surface area contributed by atoms with Crippen molar-refractivity contribution in [1.29, 1.82) is 0 Å². The summed E-state index contributed by atoms with van der Waals surface area (Å²) in [5.74, 6) is -0.384. The van der Waals surface area contributed by atoms with E-state index in [0.29, 0.717) is 24.5 Å². The van der Waals surface area contributed by atoms with Gasteiger partial charge in [0.15, 0.2) is 0 Å². The molecule has 0 bridgehead atoms. The van der Waals surface area contributed by atoms with Gasteiger partial charge in [0.25, 0.3) is 0 Å². The Morgan fingerprint density at radius 3 is 2.24 bits per heavy atom. The highest BCUT2D eigenvalue weighted by Gasteiger charge is 2.41. The Balaban J connectivity index is 1.65. The molecule has 3 rings (SSSR count). The first-order valence-electron chi connectivity index (χ1n) is 10.1. The fraction of sp³-hybridized carbons (Fsp3) is 0.619. The van der Waals surface area contributed by atoms with Crippen LogP contribution < -0.4 is 0 Å². The van der Waals surface area contributed by atoms with Crippen LogP contribution in [0.4, 0.5) is 0 Å². The summed E-state index contributed by atoms with van der Waals surface area (Å²) >= 11 is 0. The standard InChI is InChI=1S/C21H31N3O4S/c1-15-6-7-16(2)18(12-15)29(27,28)23-10-8-22(9-11-23)20(26)17-13-19(25)24(14-17)21(3,4)5/h6-7,12,17H,8-11,13-14H2,1-5H3. The lowest BCUT2D eigenvalue weighted by Gasteiger charge is -2.36. The van der Waals surface area contributed by atoms with E-state index in [2.05, 4.69) is 0 Å². The molecule has 0 radical (unpaired) electrons. The van der Waals surface area contributed by atoms with Crippen molar-refractivity contribution in [3.8, 4) is 0 Å². The highest BCUT2D eigenvalue weighted by Crippen LogP contribution is 2.28. The maximum atomic E-state index is 13.1. The Morgan fingerprint density at radius 1 is 1.07 bits per heavy atom. The van der Waals surface area contributed by atoms with Crippen LogP contribution in [0.25, 0.3) is 0 Å². The molecule has 2 heterocycles. The van der Waals surface area contributed by atoms with E-state index in [0.717, 1.165) is 11.1 Å². The van der Waals surface area contributed by atoms with E-state index in [1.807, 2.05) is 39.8 Å². The molecule has 0 saturated carbocycles. The van der Waals surface area contributed by atoms with Gasteiger partial charge in [0.2, 0.25) is 21.8 Å². The first kappa shape index (κ1) is 21.8. The maximum absolute atomic E-state index is 13.1. The van der Waals surface area contributed by atoms with E-state index in [9.17, 15) is 18.0 Å². The Kier molecular flexibility index (Phi) is 5.80. The Morgan fingerprint density at radius 2 is 1.69 bits per heavy atom. The number of benzene rings is 1. The van der Waals surface area contributed by atoms with Crippen LogP contribution in [0.15, 0.2) is 23.1 Å². The number of hydrogen-bond donors (Lipinski definition) is 0. The van der Waals surface area contributed by atoms with E-state index in [1.165, 1.54) is 4.31 Å². The van der Waals surface area contributed by atoms with Crippen LogP contribution >= 0.6 is 0 Å². The SMILES string of the molecule is Cc1ccc(C)c(S(=O)(=O)N2CCN(C(=O)C3CC(=O)N(C(C)(C)C)C3)CC2)c1. The van der Waals surface area contributed by atoms with Gasteiger partial charge in [-0.1, -0.05) is 12.1 Å². The smallest absolute Gasteiger partial charge is 0.243 e. The average molecular weight is 422 g/mol. The molecule has 160 valence electrons. The van der Waals surface area contributed by atoms with Crippen LogP contribution in [0.2, 0.25) is 0 Å². The summed E-state index contributed by atoms with van der Waals surface area (Å²) in [7, 11) is -3.59. The second kappa shape index (κ2) is 7.72. The Labute approximate surface area is 173 Å². The highest BCUT2D eigenvalue weighted by molar-refractivity contribution is 7.89. The van der Waals surface area contributed by atoms with Gasteiger partial charge in [-0.25, -0.2) is 8.42 Å². The molecule has 1 aromatic rings. The van der Waals surface area contributed by atoms with Gasteiger partial charge in [-0.05, 0) is 51.8 Å². The van der Waals surface area contributed by atoms with Crippen molar-refractivity contribution < 1.29 is 18.0 Å². The van der Waals surface area contributed by atoms with Crippen LogP contribution in [0.3, 0.4) is 0 Å². The summed E-state index contributed by atoms with van der Waals surface area (Å²) in [4.78, 5) is 29.0. The number of rotatable bonds is 3. The van der Waals surface area contributed by atoms with Crippen molar-refractivity contribution in [3.63, 3.8) is 0 Å². The number of nitrogens with zero attached hydrogens (tertiary/aromatic N) is 3. The minimum Gasteiger partial charge on any atom is -0.340 e. The molecular formula is C21H31N3O4S. The van der Waals surface area contributed by atoms with Crippen molar-refractivity contribution in [3.05, 3.63) is 29.3 Å². The number of carbonyl (C=O) groups is 2. The monoisotopic (exact) mass is 421 g/mol. The van der Waals surface area contributed by atoms with E-state index in [-0.39, 0.29) is 42.8 Å². The zero-order valence-electron chi connectivity index (χ0n) is 17.9.